The molecule has 1 fully saturated rings. The fraction of sp³-hybridized carbons (Fsp3) is 0.400. The van der Waals surface area contributed by atoms with E-state index >= 15 is 0 Å². The number of allylic oxidation sites excluding steroid dienone is 2. The number of hydrogen-bond acceptors (Lipinski definition) is 6. The maximum absolute atomic E-state index is 12.9. The number of benzene rings is 2. The van der Waals surface area contributed by atoms with E-state index in [1.54, 1.807) is 12.1 Å². The SMILES string of the molecule is CC(C)=CCc1c(O)cc(O)c2c1OC(c1ccc(O)c(CC3OC3(C)C)c1)CC2=O. The van der Waals surface area contributed by atoms with Gasteiger partial charge in [0.25, 0.3) is 0 Å². The molecule has 0 radical (unpaired) electrons. The normalized spacial score (nSPS) is 21.2. The molecule has 0 amide bonds. The average molecular weight is 424 g/mol. The highest BCUT2D eigenvalue weighted by Gasteiger charge is 2.47. The number of phenols is 3. The first-order valence-corrected chi connectivity index (χ1v) is 10.5. The second-order valence-electron chi connectivity index (χ2n) is 9.12. The topological polar surface area (TPSA) is 99.5 Å². The molecule has 1 saturated heterocycles. The zero-order valence-electron chi connectivity index (χ0n) is 18.2. The highest BCUT2D eigenvalue weighted by molar-refractivity contribution is 6.03. The molecule has 3 N–H and O–H groups in total. The largest absolute Gasteiger partial charge is 0.508 e. The van der Waals surface area contributed by atoms with Crippen LogP contribution < -0.4 is 4.74 Å². The van der Waals surface area contributed by atoms with E-state index in [0.717, 1.165) is 16.7 Å². The molecule has 2 aliphatic rings. The number of phenolic OH excluding ortho intramolecular Hbond substituents is 3. The Bertz CT molecular complexity index is 1080. The van der Waals surface area contributed by atoms with Gasteiger partial charge < -0.3 is 24.8 Å². The number of epoxide rings is 1. The van der Waals surface area contributed by atoms with Crippen molar-refractivity contribution in [2.24, 2.45) is 0 Å². The summed E-state index contributed by atoms with van der Waals surface area (Å²) in [5.74, 6) is -0.240. The van der Waals surface area contributed by atoms with Gasteiger partial charge in [0.05, 0.1) is 18.1 Å². The van der Waals surface area contributed by atoms with E-state index in [4.69, 9.17) is 9.47 Å². The first-order valence-electron chi connectivity index (χ1n) is 10.5. The van der Waals surface area contributed by atoms with Gasteiger partial charge >= 0.3 is 0 Å². The summed E-state index contributed by atoms with van der Waals surface area (Å²) >= 11 is 0. The van der Waals surface area contributed by atoms with Gasteiger partial charge in [-0.2, -0.15) is 0 Å². The summed E-state index contributed by atoms with van der Waals surface area (Å²) in [7, 11) is 0. The number of ketones is 1. The number of carbonyl (C=O) groups is 1. The van der Waals surface area contributed by atoms with E-state index in [0.29, 0.717) is 18.4 Å². The molecule has 4 rings (SSSR count). The smallest absolute Gasteiger partial charge is 0.174 e. The second-order valence-corrected chi connectivity index (χ2v) is 9.12. The summed E-state index contributed by atoms with van der Waals surface area (Å²) in [4.78, 5) is 12.9. The lowest BCUT2D eigenvalue weighted by Crippen LogP contribution is -2.22. The minimum absolute atomic E-state index is 0.0350. The van der Waals surface area contributed by atoms with Gasteiger partial charge in [-0.05, 0) is 57.4 Å². The zero-order chi connectivity index (χ0) is 22.5. The van der Waals surface area contributed by atoms with Crippen molar-refractivity contribution in [3.63, 3.8) is 0 Å². The monoisotopic (exact) mass is 424 g/mol. The predicted molar refractivity (Wildman–Crippen MR) is 116 cm³/mol. The molecule has 2 aromatic rings. The van der Waals surface area contributed by atoms with Crippen molar-refractivity contribution in [1.82, 2.24) is 0 Å². The van der Waals surface area contributed by atoms with Crippen LogP contribution in [0.4, 0.5) is 0 Å². The van der Waals surface area contributed by atoms with Crippen molar-refractivity contribution in [2.45, 2.75) is 64.8 Å². The molecule has 2 aliphatic heterocycles. The molecule has 31 heavy (non-hydrogen) atoms. The summed E-state index contributed by atoms with van der Waals surface area (Å²) in [6.07, 6.45) is 2.39. The molecule has 0 spiro atoms. The van der Waals surface area contributed by atoms with E-state index in [9.17, 15) is 20.1 Å². The number of Topliss-reactive ketones (excluding diaryl/α,β-unsaturated/α-hetero) is 1. The van der Waals surface area contributed by atoms with Crippen LogP contribution in [0.3, 0.4) is 0 Å². The van der Waals surface area contributed by atoms with Crippen LogP contribution in [-0.2, 0) is 17.6 Å². The molecule has 6 heteroatoms. The quantitative estimate of drug-likeness (QED) is 0.474. The van der Waals surface area contributed by atoms with E-state index in [2.05, 4.69) is 0 Å². The van der Waals surface area contributed by atoms with Crippen LogP contribution in [-0.4, -0.2) is 32.8 Å². The number of ether oxygens (including phenoxy) is 2. The first kappa shape index (κ1) is 21.2. The maximum atomic E-state index is 12.9. The molecule has 2 atom stereocenters. The molecule has 2 unspecified atom stereocenters. The molecule has 0 aromatic heterocycles. The van der Waals surface area contributed by atoms with Gasteiger partial charge in [0.2, 0.25) is 0 Å². The molecule has 0 aliphatic carbocycles. The Kier molecular flexibility index (Phi) is 5.21. The molecule has 6 nitrogen and oxygen atoms in total. The first-order chi connectivity index (χ1) is 14.6. The minimum Gasteiger partial charge on any atom is -0.508 e. The van der Waals surface area contributed by atoms with Gasteiger partial charge in [-0.25, -0.2) is 0 Å². The highest BCUT2D eigenvalue weighted by atomic mass is 16.6. The van der Waals surface area contributed by atoms with Crippen molar-refractivity contribution in [3.05, 3.63) is 58.2 Å². The van der Waals surface area contributed by atoms with Crippen LogP contribution in [0, 0.1) is 0 Å². The summed E-state index contributed by atoms with van der Waals surface area (Å²) in [5, 5.41) is 31.0. The third-order valence-corrected chi connectivity index (χ3v) is 6.01. The van der Waals surface area contributed by atoms with E-state index in [1.165, 1.54) is 6.07 Å². The summed E-state index contributed by atoms with van der Waals surface area (Å²) in [6.45, 7) is 7.90. The number of rotatable bonds is 5. The van der Waals surface area contributed by atoms with Crippen molar-refractivity contribution in [1.29, 1.82) is 0 Å². The molecule has 0 bridgehead atoms. The fourth-order valence-corrected chi connectivity index (χ4v) is 4.00. The summed E-state index contributed by atoms with van der Waals surface area (Å²) in [6, 6.07) is 6.38. The maximum Gasteiger partial charge on any atom is 0.174 e. The van der Waals surface area contributed by atoms with Crippen LogP contribution in [0.15, 0.2) is 35.9 Å². The Balaban J connectivity index is 1.69. The summed E-state index contributed by atoms with van der Waals surface area (Å²) < 4.78 is 11.8. The number of aromatic hydroxyl groups is 3. The van der Waals surface area contributed by atoms with Gasteiger partial charge in [-0.1, -0.05) is 17.7 Å². The summed E-state index contributed by atoms with van der Waals surface area (Å²) in [5.41, 5.74) is 2.93. The Hall–Kier alpha value is -2.99. The lowest BCUT2D eigenvalue weighted by atomic mass is 9.91. The Morgan fingerprint density at radius 3 is 2.48 bits per heavy atom. The standard InChI is InChI=1S/C25H28O6/c1-13(2)5-7-16-18(27)11-19(28)23-20(29)12-21(30-24(16)23)14-6-8-17(26)15(9-14)10-22-25(3,4)31-22/h5-6,8-9,11,21-22,26-28H,7,10,12H2,1-4H3. The van der Waals surface area contributed by atoms with Crippen molar-refractivity contribution in [2.75, 3.05) is 0 Å². The third-order valence-electron chi connectivity index (χ3n) is 6.01. The second kappa shape index (κ2) is 7.61. The van der Waals surface area contributed by atoms with Gasteiger partial charge in [0.1, 0.15) is 34.7 Å². The number of fused-ring (bicyclic) bond motifs is 1. The minimum atomic E-state index is -0.584. The van der Waals surface area contributed by atoms with Crippen LogP contribution in [0.25, 0.3) is 0 Å². The van der Waals surface area contributed by atoms with E-state index in [-0.39, 0.29) is 52.5 Å². The van der Waals surface area contributed by atoms with Gasteiger partial charge in [-0.3, -0.25) is 4.79 Å². The van der Waals surface area contributed by atoms with Gasteiger partial charge in [0.15, 0.2) is 5.78 Å². The Morgan fingerprint density at radius 2 is 1.84 bits per heavy atom. The van der Waals surface area contributed by atoms with Crippen LogP contribution in [0.1, 0.15) is 67.3 Å². The van der Waals surface area contributed by atoms with Gasteiger partial charge in [0, 0.05) is 18.1 Å². The molecule has 0 saturated carbocycles. The van der Waals surface area contributed by atoms with Gasteiger partial charge in [-0.15, -0.1) is 0 Å². The fourth-order valence-electron chi connectivity index (χ4n) is 4.00. The lowest BCUT2D eigenvalue weighted by molar-refractivity contribution is 0.0842. The predicted octanol–water partition coefficient (Wildman–Crippen LogP) is 4.74. The van der Waals surface area contributed by atoms with Crippen LogP contribution >= 0.6 is 0 Å². The van der Waals surface area contributed by atoms with E-state index < -0.39 is 6.10 Å². The lowest BCUT2D eigenvalue weighted by Gasteiger charge is -2.28. The molecular formula is C25H28O6. The number of hydrogen-bond donors (Lipinski definition) is 3. The third kappa shape index (κ3) is 4.12. The van der Waals surface area contributed by atoms with Crippen LogP contribution in [0.5, 0.6) is 23.0 Å². The highest BCUT2D eigenvalue weighted by Crippen LogP contribution is 2.46. The van der Waals surface area contributed by atoms with Crippen LogP contribution in [0.2, 0.25) is 0 Å². The molecule has 2 aromatic carbocycles. The molecular weight excluding hydrogens is 396 g/mol. The average Bonchev–Trinajstić information content (AvgIpc) is 3.28. The van der Waals surface area contributed by atoms with Crippen molar-refractivity contribution in [3.8, 4) is 23.0 Å². The van der Waals surface area contributed by atoms with Crippen molar-refractivity contribution >= 4 is 5.78 Å². The van der Waals surface area contributed by atoms with E-state index in [1.807, 2.05) is 39.8 Å². The number of carbonyl (C=O) groups excluding carboxylic acids is 1. The Labute approximate surface area is 181 Å². The van der Waals surface area contributed by atoms with Crippen molar-refractivity contribution < 1.29 is 29.6 Å². The molecule has 2 heterocycles. The molecule has 164 valence electrons. The zero-order valence-corrected chi connectivity index (χ0v) is 18.2. The Morgan fingerprint density at radius 1 is 1.13 bits per heavy atom.